The minimum atomic E-state index is -0.234. The lowest BCUT2D eigenvalue weighted by molar-refractivity contribution is 0.202. The summed E-state index contributed by atoms with van der Waals surface area (Å²) < 4.78 is 0. The van der Waals surface area contributed by atoms with Gasteiger partial charge in [0.05, 0.1) is 12.5 Å². The van der Waals surface area contributed by atoms with Gasteiger partial charge in [-0.25, -0.2) is 4.79 Å². The van der Waals surface area contributed by atoms with Gasteiger partial charge in [-0.1, -0.05) is 31.4 Å². The molecule has 1 fully saturated rings. The van der Waals surface area contributed by atoms with Crippen molar-refractivity contribution in [2.24, 2.45) is 5.92 Å². The van der Waals surface area contributed by atoms with Gasteiger partial charge in [-0.15, -0.1) is 0 Å². The third kappa shape index (κ3) is 5.57. The number of rotatable bonds is 6. The third-order valence-corrected chi connectivity index (χ3v) is 4.47. The standard InChI is InChI=1S/C18H25N3O2/c19-12-10-14-6-8-16(9-7-14)20-18(23)21-17(11-13-22)15-4-2-1-3-5-15/h6-9,15,17,22H,1-5,10-11,13H2,(H2,20,21,23). The molecule has 5 nitrogen and oxygen atoms in total. The topological polar surface area (TPSA) is 85.2 Å². The molecule has 0 spiro atoms. The molecule has 1 atom stereocenters. The molecule has 5 heteroatoms. The number of nitrogens with zero attached hydrogens (tertiary/aromatic N) is 1. The number of carbonyl (C=O) groups excluding carboxylic acids is 1. The second kappa shape index (κ2) is 9.16. The largest absolute Gasteiger partial charge is 0.396 e. The van der Waals surface area contributed by atoms with Crippen LogP contribution in [0.25, 0.3) is 0 Å². The van der Waals surface area contributed by atoms with Crippen molar-refractivity contribution in [3.05, 3.63) is 29.8 Å². The number of amides is 2. The molecule has 1 aliphatic rings. The smallest absolute Gasteiger partial charge is 0.319 e. The van der Waals surface area contributed by atoms with Crippen LogP contribution in [0.4, 0.5) is 10.5 Å². The van der Waals surface area contributed by atoms with Crippen LogP contribution in [0.1, 0.15) is 44.1 Å². The van der Waals surface area contributed by atoms with E-state index in [9.17, 15) is 9.90 Å². The lowest BCUT2D eigenvalue weighted by Gasteiger charge is -2.30. The highest BCUT2D eigenvalue weighted by Crippen LogP contribution is 2.27. The summed E-state index contributed by atoms with van der Waals surface area (Å²) in [7, 11) is 0. The van der Waals surface area contributed by atoms with E-state index in [1.807, 2.05) is 12.1 Å². The average Bonchev–Trinajstić information content (AvgIpc) is 2.57. The molecule has 1 unspecified atom stereocenters. The van der Waals surface area contributed by atoms with Crippen LogP contribution in [0.2, 0.25) is 0 Å². The van der Waals surface area contributed by atoms with E-state index < -0.39 is 0 Å². The van der Waals surface area contributed by atoms with Gasteiger partial charge < -0.3 is 15.7 Å². The van der Waals surface area contributed by atoms with Crippen LogP contribution in [0, 0.1) is 17.2 Å². The normalized spacial score (nSPS) is 16.3. The summed E-state index contributed by atoms with van der Waals surface area (Å²) in [6.07, 6.45) is 6.88. The number of nitrogens with one attached hydrogen (secondary N) is 2. The van der Waals surface area contributed by atoms with E-state index in [1.54, 1.807) is 12.1 Å². The SMILES string of the molecule is N#CCc1ccc(NC(=O)NC(CCO)C2CCCCC2)cc1. The Kier molecular flexibility index (Phi) is 6.89. The van der Waals surface area contributed by atoms with Crippen LogP contribution in [0.15, 0.2) is 24.3 Å². The van der Waals surface area contributed by atoms with Crippen molar-refractivity contribution < 1.29 is 9.90 Å². The number of nitriles is 1. The van der Waals surface area contributed by atoms with Crippen LogP contribution >= 0.6 is 0 Å². The Morgan fingerprint density at radius 2 is 1.96 bits per heavy atom. The Bertz CT molecular complexity index is 530. The van der Waals surface area contributed by atoms with Crippen LogP contribution in [0.5, 0.6) is 0 Å². The summed E-state index contributed by atoms with van der Waals surface area (Å²) in [4.78, 5) is 12.2. The first-order chi connectivity index (χ1) is 11.2. The van der Waals surface area contributed by atoms with E-state index >= 15 is 0 Å². The Morgan fingerprint density at radius 3 is 2.57 bits per heavy atom. The summed E-state index contributed by atoms with van der Waals surface area (Å²) in [6.45, 7) is 0.0876. The van der Waals surface area contributed by atoms with Gasteiger partial charge in [-0.2, -0.15) is 5.26 Å². The highest BCUT2D eigenvalue weighted by molar-refractivity contribution is 5.89. The monoisotopic (exact) mass is 315 g/mol. The van der Waals surface area contributed by atoms with Crippen molar-refractivity contribution in [2.45, 2.75) is 51.0 Å². The zero-order chi connectivity index (χ0) is 16.5. The van der Waals surface area contributed by atoms with Crippen LogP contribution in [-0.2, 0) is 6.42 Å². The molecule has 0 aromatic heterocycles. The van der Waals surface area contributed by atoms with Crippen molar-refractivity contribution in [1.82, 2.24) is 5.32 Å². The Morgan fingerprint density at radius 1 is 1.26 bits per heavy atom. The molecule has 0 aliphatic heterocycles. The van der Waals surface area contributed by atoms with Gasteiger partial charge in [0, 0.05) is 18.3 Å². The molecule has 1 aromatic carbocycles. The fraction of sp³-hybridized carbons (Fsp3) is 0.556. The van der Waals surface area contributed by atoms with E-state index in [0.717, 1.165) is 18.4 Å². The Labute approximate surface area is 137 Å². The highest BCUT2D eigenvalue weighted by atomic mass is 16.3. The summed E-state index contributed by atoms with van der Waals surface area (Å²) in [5, 5.41) is 23.7. The molecule has 0 bridgehead atoms. The van der Waals surface area contributed by atoms with Gasteiger partial charge in [0.2, 0.25) is 0 Å². The lowest BCUT2D eigenvalue weighted by atomic mass is 9.83. The molecule has 0 saturated heterocycles. The molecular weight excluding hydrogens is 290 g/mol. The second-order valence-corrected chi connectivity index (χ2v) is 6.15. The van der Waals surface area contributed by atoms with E-state index in [1.165, 1.54) is 19.3 Å². The molecule has 1 aromatic rings. The van der Waals surface area contributed by atoms with Crippen molar-refractivity contribution in [1.29, 1.82) is 5.26 Å². The number of carbonyl (C=O) groups is 1. The van der Waals surface area contributed by atoms with Crippen molar-refractivity contribution in [3.8, 4) is 6.07 Å². The van der Waals surface area contributed by atoms with E-state index in [0.29, 0.717) is 24.4 Å². The number of urea groups is 1. The van der Waals surface area contributed by atoms with E-state index in [-0.39, 0.29) is 18.7 Å². The third-order valence-electron chi connectivity index (χ3n) is 4.47. The van der Waals surface area contributed by atoms with Gasteiger partial charge in [-0.3, -0.25) is 0 Å². The first-order valence-corrected chi connectivity index (χ1v) is 8.37. The molecule has 1 saturated carbocycles. The molecule has 2 amide bonds. The molecule has 0 heterocycles. The molecule has 1 aliphatic carbocycles. The summed E-state index contributed by atoms with van der Waals surface area (Å²) in [5.74, 6) is 0.458. The van der Waals surface area contributed by atoms with Crippen molar-refractivity contribution >= 4 is 11.7 Å². The molecule has 0 radical (unpaired) electrons. The summed E-state index contributed by atoms with van der Waals surface area (Å²) in [6, 6.07) is 9.17. The van der Waals surface area contributed by atoms with E-state index in [2.05, 4.69) is 16.7 Å². The average molecular weight is 315 g/mol. The van der Waals surface area contributed by atoms with Crippen LogP contribution in [-0.4, -0.2) is 23.8 Å². The van der Waals surface area contributed by atoms with Crippen molar-refractivity contribution in [2.75, 3.05) is 11.9 Å². The first kappa shape index (κ1) is 17.3. The number of hydrogen-bond donors (Lipinski definition) is 3. The molecular formula is C18H25N3O2. The van der Waals surface area contributed by atoms with Gasteiger partial charge in [0.25, 0.3) is 0 Å². The molecule has 3 N–H and O–H groups in total. The number of hydrogen-bond acceptors (Lipinski definition) is 3. The van der Waals surface area contributed by atoms with Gasteiger partial charge in [-0.05, 0) is 42.9 Å². The highest BCUT2D eigenvalue weighted by Gasteiger charge is 2.24. The summed E-state index contributed by atoms with van der Waals surface area (Å²) >= 11 is 0. The van der Waals surface area contributed by atoms with Gasteiger partial charge in [0.1, 0.15) is 0 Å². The number of benzene rings is 1. The minimum Gasteiger partial charge on any atom is -0.396 e. The van der Waals surface area contributed by atoms with Crippen LogP contribution < -0.4 is 10.6 Å². The zero-order valence-corrected chi connectivity index (χ0v) is 13.4. The molecule has 2 rings (SSSR count). The quantitative estimate of drug-likeness (QED) is 0.753. The lowest BCUT2D eigenvalue weighted by Crippen LogP contribution is -2.43. The zero-order valence-electron chi connectivity index (χ0n) is 13.4. The van der Waals surface area contributed by atoms with Crippen LogP contribution in [0.3, 0.4) is 0 Å². The minimum absolute atomic E-state index is 0.0261. The predicted octanol–water partition coefficient (Wildman–Crippen LogP) is 3.21. The number of aliphatic hydroxyl groups excluding tert-OH is 1. The second-order valence-electron chi connectivity index (χ2n) is 6.15. The molecule has 23 heavy (non-hydrogen) atoms. The predicted molar refractivity (Wildman–Crippen MR) is 90.0 cm³/mol. The summed E-state index contributed by atoms with van der Waals surface area (Å²) in [5.41, 5.74) is 1.63. The fourth-order valence-electron chi connectivity index (χ4n) is 3.23. The van der Waals surface area contributed by atoms with Crippen molar-refractivity contribution in [3.63, 3.8) is 0 Å². The Hall–Kier alpha value is -2.06. The van der Waals surface area contributed by atoms with E-state index in [4.69, 9.17) is 5.26 Å². The number of aliphatic hydroxyl groups is 1. The fourth-order valence-corrected chi connectivity index (χ4v) is 3.23. The van der Waals surface area contributed by atoms with Gasteiger partial charge >= 0.3 is 6.03 Å². The maximum absolute atomic E-state index is 12.2. The maximum atomic E-state index is 12.2. The molecule has 124 valence electrons. The van der Waals surface area contributed by atoms with Gasteiger partial charge in [0.15, 0.2) is 0 Å². The Balaban J connectivity index is 1.89. The maximum Gasteiger partial charge on any atom is 0.319 e. The number of anilines is 1. The first-order valence-electron chi connectivity index (χ1n) is 8.37.